The molecule has 1 N–H and O–H groups in total. The normalized spacial score (nSPS) is 42.5. The summed E-state index contributed by atoms with van der Waals surface area (Å²) in [5.74, 6) is 0.715. The summed E-state index contributed by atoms with van der Waals surface area (Å²) in [5.41, 5.74) is 0. The zero-order valence-corrected chi connectivity index (χ0v) is 7.69. The van der Waals surface area contributed by atoms with Gasteiger partial charge < -0.3 is 14.6 Å². The molecule has 4 atom stereocenters. The van der Waals surface area contributed by atoms with Crippen molar-refractivity contribution in [3.05, 3.63) is 0 Å². The number of aliphatic hydroxyl groups excluding tert-OH is 1. The number of hydrogen-bond acceptors (Lipinski definition) is 3. The van der Waals surface area contributed by atoms with Crippen LogP contribution < -0.4 is 0 Å². The summed E-state index contributed by atoms with van der Waals surface area (Å²) in [5, 5.41) is 9.19. The standard InChI is InChI=1S/C10H16O3/c11-5-1-2-7-8(6-12)10-4-3-9(7)13-10/h5,7-10,12H,1-4,6H2. The molecule has 2 saturated heterocycles. The van der Waals surface area contributed by atoms with Gasteiger partial charge in [-0.25, -0.2) is 0 Å². The summed E-state index contributed by atoms with van der Waals surface area (Å²) in [6.45, 7) is 0.213. The second kappa shape index (κ2) is 3.76. The molecular formula is C10H16O3. The fraction of sp³-hybridized carbons (Fsp3) is 0.900. The third-order valence-electron chi connectivity index (χ3n) is 3.42. The van der Waals surface area contributed by atoms with E-state index in [2.05, 4.69) is 0 Å². The van der Waals surface area contributed by atoms with Crippen LogP contribution in [0.25, 0.3) is 0 Å². The Bertz CT molecular complexity index is 193. The minimum atomic E-state index is 0.213. The van der Waals surface area contributed by atoms with E-state index in [1.807, 2.05) is 0 Å². The molecule has 2 aliphatic heterocycles. The maximum Gasteiger partial charge on any atom is 0.120 e. The molecule has 2 heterocycles. The second-order valence-electron chi connectivity index (χ2n) is 4.04. The van der Waals surface area contributed by atoms with Gasteiger partial charge in [-0.3, -0.25) is 0 Å². The van der Waals surface area contributed by atoms with Crippen molar-refractivity contribution in [2.75, 3.05) is 6.61 Å². The van der Waals surface area contributed by atoms with Gasteiger partial charge in [0.15, 0.2) is 0 Å². The molecule has 0 aromatic rings. The van der Waals surface area contributed by atoms with E-state index in [1.54, 1.807) is 0 Å². The highest BCUT2D eigenvalue weighted by atomic mass is 16.5. The lowest BCUT2D eigenvalue weighted by Gasteiger charge is -2.25. The van der Waals surface area contributed by atoms with E-state index >= 15 is 0 Å². The molecule has 0 aromatic heterocycles. The highest BCUT2D eigenvalue weighted by molar-refractivity contribution is 5.49. The number of rotatable bonds is 4. The van der Waals surface area contributed by atoms with E-state index in [-0.39, 0.29) is 12.7 Å². The molecule has 0 aromatic carbocycles. The Balaban J connectivity index is 1.96. The number of fused-ring (bicyclic) bond motifs is 2. The van der Waals surface area contributed by atoms with E-state index < -0.39 is 0 Å². The van der Waals surface area contributed by atoms with E-state index in [1.165, 1.54) is 0 Å². The average molecular weight is 184 g/mol. The minimum absolute atomic E-state index is 0.213. The van der Waals surface area contributed by atoms with Crippen LogP contribution in [0.2, 0.25) is 0 Å². The van der Waals surface area contributed by atoms with Crippen LogP contribution in [0.4, 0.5) is 0 Å². The summed E-state index contributed by atoms with van der Waals surface area (Å²) in [7, 11) is 0. The van der Waals surface area contributed by atoms with Gasteiger partial charge in [-0.05, 0) is 25.2 Å². The van der Waals surface area contributed by atoms with Crippen LogP contribution in [0.5, 0.6) is 0 Å². The average Bonchev–Trinajstić information content (AvgIpc) is 2.73. The molecule has 2 aliphatic rings. The minimum Gasteiger partial charge on any atom is -0.396 e. The zero-order chi connectivity index (χ0) is 9.26. The first-order valence-corrected chi connectivity index (χ1v) is 5.06. The molecule has 0 spiro atoms. The predicted molar refractivity (Wildman–Crippen MR) is 47.3 cm³/mol. The Morgan fingerprint density at radius 2 is 2.00 bits per heavy atom. The van der Waals surface area contributed by atoms with Gasteiger partial charge in [0.05, 0.1) is 12.2 Å². The summed E-state index contributed by atoms with van der Waals surface area (Å²) in [4.78, 5) is 10.3. The van der Waals surface area contributed by atoms with E-state index in [4.69, 9.17) is 4.74 Å². The van der Waals surface area contributed by atoms with Crippen molar-refractivity contribution in [2.24, 2.45) is 11.8 Å². The lowest BCUT2D eigenvalue weighted by atomic mass is 9.77. The van der Waals surface area contributed by atoms with Gasteiger partial charge in [-0.15, -0.1) is 0 Å². The Kier molecular flexibility index (Phi) is 2.65. The lowest BCUT2D eigenvalue weighted by molar-refractivity contribution is -0.108. The van der Waals surface area contributed by atoms with Crippen molar-refractivity contribution in [2.45, 2.75) is 37.9 Å². The SMILES string of the molecule is O=CCCC1C2CCC(O2)C1CO. The van der Waals surface area contributed by atoms with Gasteiger partial charge in [0.25, 0.3) is 0 Å². The van der Waals surface area contributed by atoms with Crippen LogP contribution in [0, 0.1) is 11.8 Å². The number of carbonyl (C=O) groups is 1. The maximum atomic E-state index is 10.3. The number of ether oxygens (including phenoxy) is 1. The molecule has 3 heteroatoms. The molecule has 0 aliphatic carbocycles. The summed E-state index contributed by atoms with van der Waals surface area (Å²) < 4.78 is 5.71. The van der Waals surface area contributed by atoms with Crippen molar-refractivity contribution >= 4 is 6.29 Å². The number of aliphatic hydroxyl groups is 1. The molecule has 0 radical (unpaired) electrons. The Labute approximate surface area is 78.1 Å². The molecule has 2 fully saturated rings. The van der Waals surface area contributed by atoms with Gasteiger partial charge in [-0.2, -0.15) is 0 Å². The first-order valence-electron chi connectivity index (χ1n) is 5.06. The lowest BCUT2D eigenvalue weighted by Crippen LogP contribution is -2.29. The molecular weight excluding hydrogens is 168 g/mol. The number of hydrogen-bond donors (Lipinski definition) is 1. The molecule has 2 bridgehead atoms. The van der Waals surface area contributed by atoms with E-state index in [0.717, 1.165) is 25.5 Å². The van der Waals surface area contributed by atoms with Crippen LogP contribution in [0.1, 0.15) is 25.7 Å². The van der Waals surface area contributed by atoms with Crippen LogP contribution in [0.15, 0.2) is 0 Å². The monoisotopic (exact) mass is 184 g/mol. The van der Waals surface area contributed by atoms with Crippen LogP contribution in [-0.4, -0.2) is 30.2 Å². The zero-order valence-electron chi connectivity index (χ0n) is 7.69. The molecule has 0 saturated carbocycles. The van der Waals surface area contributed by atoms with Crippen molar-refractivity contribution in [3.8, 4) is 0 Å². The highest BCUT2D eigenvalue weighted by Crippen LogP contribution is 2.44. The van der Waals surface area contributed by atoms with Crippen LogP contribution in [0.3, 0.4) is 0 Å². The molecule has 4 unspecified atom stereocenters. The quantitative estimate of drug-likeness (QED) is 0.656. The topological polar surface area (TPSA) is 46.5 Å². The Morgan fingerprint density at radius 3 is 2.62 bits per heavy atom. The molecule has 2 rings (SSSR count). The maximum absolute atomic E-state index is 10.3. The van der Waals surface area contributed by atoms with Crippen molar-refractivity contribution < 1.29 is 14.6 Å². The van der Waals surface area contributed by atoms with E-state index in [0.29, 0.717) is 24.4 Å². The number of aldehydes is 1. The van der Waals surface area contributed by atoms with Gasteiger partial charge in [0, 0.05) is 18.9 Å². The molecule has 3 nitrogen and oxygen atoms in total. The second-order valence-corrected chi connectivity index (χ2v) is 4.04. The Morgan fingerprint density at radius 1 is 1.31 bits per heavy atom. The van der Waals surface area contributed by atoms with Gasteiger partial charge in [-0.1, -0.05) is 0 Å². The van der Waals surface area contributed by atoms with Crippen molar-refractivity contribution in [3.63, 3.8) is 0 Å². The highest BCUT2D eigenvalue weighted by Gasteiger charge is 2.47. The van der Waals surface area contributed by atoms with Gasteiger partial charge in [0.1, 0.15) is 6.29 Å². The van der Waals surface area contributed by atoms with Crippen molar-refractivity contribution in [1.29, 1.82) is 0 Å². The third-order valence-corrected chi connectivity index (χ3v) is 3.42. The molecule has 13 heavy (non-hydrogen) atoms. The Hall–Kier alpha value is -0.410. The number of carbonyl (C=O) groups excluding carboxylic acids is 1. The largest absolute Gasteiger partial charge is 0.396 e. The van der Waals surface area contributed by atoms with Crippen molar-refractivity contribution in [1.82, 2.24) is 0 Å². The fourth-order valence-electron chi connectivity index (χ4n) is 2.78. The molecule has 0 amide bonds. The smallest absolute Gasteiger partial charge is 0.120 e. The fourth-order valence-corrected chi connectivity index (χ4v) is 2.78. The third kappa shape index (κ3) is 1.51. The first kappa shape index (κ1) is 9.16. The van der Waals surface area contributed by atoms with Crippen LogP contribution in [-0.2, 0) is 9.53 Å². The van der Waals surface area contributed by atoms with E-state index in [9.17, 15) is 9.90 Å². The summed E-state index contributed by atoms with van der Waals surface area (Å²) >= 11 is 0. The summed E-state index contributed by atoms with van der Waals surface area (Å²) in [6, 6.07) is 0. The van der Waals surface area contributed by atoms with Gasteiger partial charge in [0.2, 0.25) is 0 Å². The summed E-state index contributed by atoms with van der Waals surface area (Å²) in [6.07, 6.45) is 5.25. The molecule has 74 valence electrons. The first-order chi connectivity index (χ1) is 6.36. The predicted octanol–water partition coefficient (Wildman–Crippen LogP) is 0.751. The van der Waals surface area contributed by atoms with Crippen LogP contribution >= 0.6 is 0 Å². The van der Waals surface area contributed by atoms with Gasteiger partial charge >= 0.3 is 0 Å².